The zero-order valence-electron chi connectivity index (χ0n) is 14.0. The number of aromatic nitrogens is 1. The lowest BCUT2D eigenvalue weighted by atomic mass is 9.98. The van der Waals surface area contributed by atoms with Crippen molar-refractivity contribution in [3.05, 3.63) is 64.1 Å². The van der Waals surface area contributed by atoms with Crippen LogP contribution in [0.3, 0.4) is 0 Å². The first-order valence-corrected chi connectivity index (χ1v) is 8.69. The van der Waals surface area contributed by atoms with Crippen LogP contribution in [0.25, 0.3) is 22.4 Å². The van der Waals surface area contributed by atoms with Crippen molar-refractivity contribution in [1.29, 1.82) is 5.26 Å². The Morgan fingerprint density at radius 1 is 1.12 bits per heavy atom. The second-order valence-corrected chi connectivity index (χ2v) is 6.27. The predicted octanol–water partition coefficient (Wildman–Crippen LogP) is 5.57. The van der Waals surface area contributed by atoms with Gasteiger partial charge in [-0.2, -0.15) is 5.26 Å². The Hall–Kier alpha value is -2.74. The summed E-state index contributed by atoms with van der Waals surface area (Å²) in [7, 11) is 0. The van der Waals surface area contributed by atoms with E-state index < -0.39 is 0 Å². The number of nitrogens with two attached hydrogens (primary N) is 1. The van der Waals surface area contributed by atoms with Gasteiger partial charge in [-0.25, -0.2) is 4.98 Å². The van der Waals surface area contributed by atoms with Gasteiger partial charge in [-0.15, -0.1) is 0 Å². The summed E-state index contributed by atoms with van der Waals surface area (Å²) in [5.74, 6) is 0.918. The minimum atomic E-state index is 0.143. The normalized spacial score (nSPS) is 10.4. The molecule has 1 heterocycles. The zero-order chi connectivity index (χ0) is 18.7. The summed E-state index contributed by atoms with van der Waals surface area (Å²) in [4.78, 5) is 4.37. The van der Waals surface area contributed by atoms with Gasteiger partial charge in [0, 0.05) is 16.7 Å². The largest absolute Gasteiger partial charge is 0.494 e. The van der Waals surface area contributed by atoms with Crippen LogP contribution in [-0.4, -0.2) is 11.6 Å². The van der Waals surface area contributed by atoms with Crippen molar-refractivity contribution >= 4 is 29.0 Å². The summed E-state index contributed by atoms with van der Waals surface area (Å²) in [6, 6.07) is 16.7. The van der Waals surface area contributed by atoms with Crippen molar-refractivity contribution in [3.8, 4) is 34.2 Å². The highest BCUT2D eigenvalue weighted by atomic mass is 35.5. The second-order valence-electron chi connectivity index (χ2n) is 5.49. The molecule has 6 heteroatoms. The minimum Gasteiger partial charge on any atom is -0.494 e. The predicted molar refractivity (Wildman–Crippen MR) is 105 cm³/mol. The summed E-state index contributed by atoms with van der Waals surface area (Å²) in [6.07, 6.45) is 0. The second kappa shape index (κ2) is 7.65. The lowest BCUT2D eigenvalue weighted by Gasteiger charge is -2.12. The minimum absolute atomic E-state index is 0.143. The van der Waals surface area contributed by atoms with Gasteiger partial charge < -0.3 is 10.5 Å². The van der Waals surface area contributed by atoms with Crippen molar-refractivity contribution in [2.45, 2.75) is 6.92 Å². The molecule has 0 atom stereocenters. The van der Waals surface area contributed by atoms with Crippen molar-refractivity contribution in [3.63, 3.8) is 0 Å². The lowest BCUT2D eigenvalue weighted by molar-refractivity contribution is 0.340. The van der Waals surface area contributed by atoms with Crippen LogP contribution in [0.15, 0.2) is 48.5 Å². The molecule has 0 radical (unpaired) electrons. The van der Waals surface area contributed by atoms with Crippen molar-refractivity contribution in [2.24, 2.45) is 0 Å². The lowest BCUT2D eigenvalue weighted by Crippen LogP contribution is -2.00. The number of hydrogen-bond acceptors (Lipinski definition) is 4. The Morgan fingerprint density at radius 3 is 2.50 bits per heavy atom. The third-order valence-electron chi connectivity index (χ3n) is 3.86. The number of pyridine rings is 1. The summed E-state index contributed by atoms with van der Waals surface area (Å²) < 4.78 is 5.46. The molecule has 1 aromatic heterocycles. The van der Waals surface area contributed by atoms with E-state index in [1.807, 2.05) is 31.2 Å². The molecule has 0 aliphatic rings. The zero-order valence-corrected chi connectivity index (χ0v) is 15.5. The molecule has 0 fully saturated rings. The van der Waals surface area contributed by atoms with E-state index in [4.69, 9.17) is 33.7 Å². The highest BCUT2D eigenvalue weighted by Gasteiger charge is 2.16. The van der Waals surface area contributed by atoms with Crippen LogP contribution < -0.4 is 10.5 Å². The van der Waals surface area contributed by atoms with Gasteiger partial charge in [-0.3, -0.25) is 0 Å². The molecule has 2 aromatic carbocycles. The van der Waals surface area contributed by atoms with E-state index in [0.717, 1.165) is 11.3 Å². The van der Waals surface area contributed by atoms with E-state index in [2.05, 4.69) is 11.1 Å². The molecular weight excluding hydrogens is 369 g/mol. The Kier molecular flexibility index (Phi) is 5.32. The van der Waals surface area contributed by atoms with Gasteiger partial charge >= 0.3 is 0 Å². The van der Waals surface area contributed by atoms with Gasteiger partial charge in [0.2, 0.25) is 0 Å². The van der Waals surface area contributed by atoms with E-state index >= 15 is 0 Å². The van der Waals surface area contributed by atoms with Gasteiger partial charge in [0.1, 0.15) is 23.2 Å². The first kappa shape index (κ1) is 18.1. The summed E-state index contributed by atoms with van der Waals surface area (Å²) in [6.45, 7) is 2.52. The average Bonchev–Trinajstić information content (AvgIpc) is 2.64. The maximum absolute atomic E-state index is 9.52. The van der Waals surface area contributed by atoms with Crippen molar-refractivity contribution in [1.82, 2.24) is 4.98 Å². The number of nitrogen functional groups attached to an aromatic ring is 1. The molecule has 0 amide bonds. The standard InChI is InChI=1S/C20H15Cl2N3O/c1-2-26-13-8-6-12(7-9-13)18-10-15(16(11-23)20(24)25-18)14-4-3-5-17(21)19(14)22/h3-10H,2H2,1H3,(H2,24,25). The van der Waals surface area contributed by atoms with Gasteiger partial charge in [0.25, 0.3) is 0 Å². The molecule has 0 unspecified atom stereocenters. The molecule has 0 saturated carbocycles. The van der Waals surface area contributed by atoms with E-state index in [1.54, 1.807) is 24.3 Å². The molecule has 0 saturated heterocycles. The molecule has 3 rings (SSSR count). The molecule has 4 nitrogen and oxygen atoms in total. The topological polar surface area (TPSA) is 71.9 Å². The number of hydrogen-bond donors (Lipinski definition) is 1. The van der Waals surface area contributed by atoms with Crippen molar-refractivity contribution < 1.29 is 4.74 Å². The molecule has 3 aromatic rings. The Labute approximate surface area is 161 Å². The molecule has 0 aliphatic heterocycles. The number of nitriles is 1. The third kappa shape index (κ3) is 3.45. The quantitative estimate of drug-likeness (QED) is 0.638. The number of anilines is 1. The summed E-state index contributed by atoms with van der Waals surface area (Å²) in [5.41, 5.74) is 9.02. The Balaban J connectivity index is 2.16. The molecule has 130 valence electrons. The molecule has 2 N–H and O–H groups in total. The highest BCUT2D eigenvalue weighted by molar-refractivity contribution is 6.43. The van der Waals surface area contributed by atoms with Gasteiger partial charge in [0.05, 0.1) is 22.3 Å². The molecule has 26 heavy (non-hydrogen) atoms. The first-order chi connectivity index (χ1) is 12.5. The molecular formula is C20H15Cl2N3O. The van der Waals surface area contributed by atoms with E-state index in [-0.39, 0.29) is 11.4 Å². The van der Waals surface area contributed by atoms with Crippen LogP contribution in [0.2, 0.25) is 10.0 Å². The monoisotopic (exact) mass is 383 g/mol. The van der Waals surface area contributed by atoms with E-state index in [0.29, 0.717) is 33.5 Å². The van der Waals surface area contributed by atoms with Crippen LogP contribution in [0, 0.1) is 11.3 Å². The number of halogens is 2. The van der Waals surface area contributed by atoms with Gasteiger partial charge in [0.15, 0.2) is 0 Å². The fourth-order valence-corrected chi connectivity index (χ4v) is 3.05. The van der Waals surface area contributed by atoms with Crippen LogP contribution in [0.5, 0.6) is 5.75 Å². The Morgan fingerprint density at radius 2 is 1.85 bits per heavy atom. The SMILES string of the molecule is CCOc1ccc(-c2cc(-c3cccc(Cl)c3Cl)c(C#N)c(N)n2)cc1. The van der Waals surface area contributed by atoms with Gasteiger partial charge in [-0.1, -0.05) is 35.3 Å². The van der Waals surface area contributed by atoms with Crippen LogP contribution in [0.1, 0.15) is 12.5 Å². The molecule has 0 spiro atoms. The number of benzene rings is 2. The smallest absolute Gasteiger partial charge is 0.142 e. The third-order valence-corrected chi connectivity index (χ3v) is 4.68. The number of ether oxygens (including phenoxy) is 1. The van der Waals surface area contributed by atoms with E-state index in [9.17, 15) is 5.26 Å². The number of rotatable bonds is 4. The van der Waals surface area contributed by atoms with Gasteiger partial charge in [-0.05, 0) is 43.3 Å². The summed E-state index contributed by atoms with van der Waals surface area (Å²) >= 11 is 12.5. The van der Waals surface area contributed by atoms with E-state index in [1.165, 1.54) is 0 Å². The van der Waals surface area contributed by atoms with Crippen LogP contribution in [-0.2, 0) is 0 Å². The van der Waals surface area contributed by atoms with Crippen molar-refractivity contribution in [2.75, 3.05) is 12.3 Å². The first-order valence-electron chi connectivity index (χ1n) is 7.93. The highest BCUT2D eigenvalue weighted by Crippen LogP contribution is 2.38. The van der Waals surface area contributed by atoms with Crippen LogP contribution >= 0.6 is 23.2 Å². The van der Waals surface area contributed by atoms with Crippen LogP contribution in [0.4, 0.5) is 5.82 Å². The Bertz CT molecular complexity index is 995. The maximum atomic E-state index is 9.52. The molecule has 0 aliphatic carbocycles. The fourth-order valence-electron chi connectivity index (χ4n) is 2.64. The maximum Gasteiger partial charge on any atom is 0.142 e. The average molecular weight is 384 g/mol. The fraction of sp³-hybridized carbons (Fsp3) is 0.100. The molecule has 0 bridgehead atoms. The number of nitrogens with zero attached hydrogens (tertiary/aromatic N) is 2. The summed E-state index contributed by atoms with van der Waals surface area (Å²) in [5, 5.41) is 10.3.